The molecule has 5 aliphatic rings. The lowest BCUT2D eigenvalue weighted by Crippen LogP contribution is -2.45. The Kier molecular flexibility index (Phi) is 4.25. The first-order valence-electron chi connectivity index (χ1n) is 11.1. The molecular weight excluding hydrogens is 404 g/mol. The molecule has 6 atom stereocenters. The summed E-state index contributed by atoms with van der Waals surface area (Å²) < 4.78 is 5.24. The number of carbonyl (C=O) groups excluding carboxylic acids is 3. The van der Waals surface area contributed by atoms with Gasteiger partial charge in [-0.15, -0.1) is 0 Å². The van der Waals surface area contributed by atoms with E-state index in [1.165, 1.54) is 9.80 Å². The molecule has 2 bridgehead atoms. The molecule has 4 aliphatic carbocycles. The zero-order valence-electron chi connectivity index (χ0n) is 17.8. The summed E-state index contributed by atoms with van der Waals surface area (Å²) in [5.41, 5.74) is 1.11. The zero-order chi connectivity index (χ0) is 22.0. The maximum absolute atomic E-state index is 13.4. The number of nitrogens with zero attached hydrogens (tertiary/aromatic N) is 2. The van der Waals surface area contributed by atoms with Crippen LogP contribution >= 0.6 is 0 Å². The SMILES string of the molecule is COc1ccc(N(CN2C(=O)[C@@H]3[C@H]4C=C[C@H]([C@H]5C[C@H]45)[C@@H]3C2=O)C(=O)c2ccccc2)cc1. The Balaban J connectivity index is 1.33. The summed E-state index contributed by atoms with van der Waals surface area (Å²) in [6, 6.07) is 16.0. The molecule has 0 radical (unpaired) electrons. The fourth-order valence-corrected chi connectivity index (χ4v) is 6.06. The molecule has 2 saturated carbocycles. The van der Waals surface area contributed by atoms with Crippen LogP contribution in [-0.4, -0.2) is 36.4 Å². The minimum atomic E-state index is -0.272. The molecule has 1 heterocycles. The van der Waals surface area contributed by atoms with Crippen LogP contribution in [-0.2, 0) is 9.59 Å². The Bertz CT molecular complexity index is 1090. The van der Waals surface area contributed by atoms with E-state index < -0.39 is 0 Å². The standard InChI is InChI=1S/C26H24N2O4/c1-32-17-9-7-16(8-10-17)27(24(29)15-5-3-2-4-6-15)14-28-25(30)22-18-11-12-19(21-13-20(18)21)23(22)26(28)31/h2-12,18-23H,13-14H2,1H3/t18-,19+,20-,21-,22+,23-/m1/s1. The molecule has 1 aliphatic heterocycles. The number of methoxy groups -OCH3 is 1. The normalized spacial score (nSPS) is 31.3. The highest BCUT2D eigenvalue weighted by atomic mass is 16.5. The molecule has 6 nitrogen and oxygen atoms in total. The van der Waals surface area contributed by atoms with Crippen molar-refractivity contribution in [3.05, 3.63) is 72.3 Å². The lowest BCUT2D eigenvalue weighted by atomic mass is 9.63. The van der Waals surface area contributed by atoms with Crippen LogP contribution < -0.4 is 9.64 Å². The lowest BCUT2D eigenvalue weighted by Gasteiger charge is -2.37. The fourth-order valence-electron chi connectivity index (χ4n) is 6.06. The number of hydrogen-bond acceptors (Lipinski definition) is 4. The van der Waals surface area contributed by atoms with Crippen LogP contribution in [0.2, 0.25) is 0 Å². The highest BCUT2D eigenvalue weighted by Gasteiger charge is 2.67. The first-order valence-corrected chi connectivity index (χ1v) is 11.1. The van der Waals surface area contributed by atoms with Crippen molar-refractivity contribution in [2.24, 2.45) is 35.5 Å². The van der Waals surface area contributed by atoms with Gasteiger partial charge in [-0.2, -0.15) is 0 Å². The molecule has 2 aromatic carbocycles. The maximum Gasteiger partial charge on any atom is 0.259 e. The number of carbonyl (C=O) groups is 3. The molecule has 0 spiro atoms. The van der Waals surface area contributed by atoms with Gasteiger partial charge in [-0.05, 0) is 66.5 Å². The summed E-state index contributed by atoms with van der Waals surface area (Å²) in [5, 5.41) is 0. The number of benzene rings is 2. The first-order chi connectivity index (χ1) is 15.6. The van der Waals surface area contributed by atoms with Crippen molar-refractivity contribution < 1.29 is 19.1 Å². The Morgan fingerprint density at radius 3 is 2.09 bits per heavy atom. The van der Waals surface area contributed by atoms with Crippen LogP contribution in [0.1, 0.15) is 16.8 Å². The van der Waals surface area contributed by atoms with E-state index in [0.717, 1.165) is 6.42 Å². The van der Waals surface area contributed by atoms with Crippen LogP contribution in [0.25, 0.3) is 0 Å². The summed E-state index contributed by atoms with van der Waals surface area (Å²) in [6.07, 6.45) is 5.44. The summed E-state index contributed by atoms with van der Waals surface area (Å²) in [5.74, 6) is 1.02. The summed E-state index contributed by atoms with van der Waals surface area (Å²) >= 11 is 0. The van der Waals surface area contributed by atoms with Gasteiger partial charge in [-0.25, -0.2) is 0 Å². The smallest absolute Gasteiger partial charge is 0.259 e. The molecule has 6 heteroatoms. The van der Waals surface area contributed by atoms with E-state index in [-0.39, 0.29) is 48.1 Å². The lowest BCUT2D eigenvalue weighted by molar-refractivity contribution is -0.140. The summed E-state index contributed by atoms with van der Waals surface area (Å²) in [7, 11) is 1.58. The maximum atomic E-state index is 13.4. The minimum absolute atomic E-state index is 0.0838. The predicted octanol–water partition coefficient (Wildman–Crippen LogP) is 3.35. The Morgan fingerprint density at radius 1 is 0.938 bits per heavy atom. The second-order valence-corrected chi connectivity index (χ2v) is 9.20. The molecule has 0 N–H and O–H groups in total. The molecule has 3 fully saturated rings. The number of allylic oxidation sites excluding steroid dienone is 2. The van der Waals surface area contributed by atoms with Gasteiger partial charge >= 0.3 is 0 Å². The molecule has 1 saturated heterocycles. The van der Waals surface area contributed by atoms with Crippen LogP contribution in [0.5, 0.6) is 5.75 Å². The van der Waals surface area contributed by atoms with Crippen molar-refractivity contribution in [3.8, 4) is 5.75 Å². The number of rotatable bonds is 5. The molecular formula is C26H24N2O4. The van der Waals surface area contributed by atoms with E-state index in [9.17, 15) is 14.4 Å². The van der Waals surface area contributed by atoms with Gasteiger partial charge < -0.3 is 4.74 Å². The largest absolute Gasteiger partial charge is 0.497 e. The van der Waals surface area contributed by atoms with E-state index in [0.29, 0.717) is 28.8 Å². The number of imide groups is 1. The van der Waals surface area contributed by atoms with Crippen LogP contribution in [0, 0.1) is 35.5 Å². The van der Waals surface area contributed by atoms with Gasteiger partial charge in [0.05, 0.1) is 18.9 Å². The monoisotopic (exact) mass is 428 g/mol. The van der Waals surface area contributed by atoms with Gasteiger partial charge in [0.1, 0.15) is 12.4 Å². The van der Waals surface area contributed by atoms with E-state index in [1.54, 1.807) is 55.6 Å². The third-order valence-electron chi connectivity index (χ3n) is 7.69. The third-order valence-corrected chi connectivity index (χ3v) is 7.69. The van der Waals surface area contributed by atoms with E-state index >= 15 is 0 Å². The third kappa shape index (κ3) is 2.75. The van der Waals surface area contributed by atoms with Gasteiger partial charge in [-0.3, -0.25) is 24.2 Å². The second kappa shape index (κ2) is 7.05. The number of anilines is 1. The quantitative estimate of drug-likeness (QED) is 0.541. The fraction of sp³-hybridized carbons (Fsp3) is 0.346. The predicted molar refractivity (Wildman–Crippen MR) is 118 cm³/mol. The Morgan fingerprint density at radius 2 is 1.53 bits per heavy atom. The summed E-state index contributed by atoms with van der Waals surface area (Å²) in [4.78, 5) is 43.2. The Hall–Kier alpha value is -3.41. The molecule has 32 heavy (non-hydrogen) atoms. The van der Waals surface area contributed by atoms with Gasteiger partial charge in [-0.1, -0.05) is 30.4 Å². The van der Waals surface area contributed by atoms with Crippen LogP contribution in [0.3, 0.4) is 0 Å². The zero-order valence-corrected chi connectivity index (χ0v) is 17.8. The minimum Gasteiger partial charge on any atom is -0.497 e. The molecule has 7 rings (SSSR count). The molecule has 2 aromatic rings. The van der Waals surface area contributed by atoms with E-state index in [4.69, 9.17) is 4.74 Å². The molecule has 0 aromatic heterocycles. The number of likely N-dealkylation sites (tertiary alicyclic amines) is 1. The highest BCUT2D eigenvalue weighted by Crippen LogP contribution is 2.65. The average molecular weight is 428 g/mol. The van der Waals surface area contributed by atoms with Crippen molar-refractivity contribution >= 4 is 23.4 Å². The topological polar surface area (TPSA) is 66.9 Å². The highest BCUT2D eigenvalue weighted by molar-refractivity contribution is 6.09. The molecule has 0 unspecified atom stereocenters. The van der Waals surface area contributed by atoms with Crippen LogP contribution in [0.15, 0.2) is 66.7 Å². The van der Waals surface area contributed by atoms with Gasteiger partial charge in [0.15, 0.2) is 0 Å². The van der Waals surface area contributed by atoms with Crippen molar-refractivity contribution in [1.82, 2.24) is 4.90 Å². The number of ether oxygens (including phenoxy) is 1. The van der Waals surface area contributed by atoms with Gasteiger partial charge in [0, 0.05) is 11.3 Å². The Labute approximate surface area is 186 Å². The molecule has 162 valence electrons. The van der Waals surface area contributed by atoms with Crippen molar-refractivity contribution in [1.29, 1.82) is 0 Å². The van der Waals surface area contributed by atoms with Gasteiger partial charge in [0.25, 0.3) is 5.91 Å². The van der Waals surface area contributed by atoms with Crippen LogP contribution in [0.4, 0.5) is 5.69 Å². The summed E-state index contributed by atoms with van der Waals surface area (Å²) in [6.45, 7) is -0.0838. The van der Waals surface area contributed by atoms with E-state index in [1.807, 2.05) is 6.07 Å². The van der Waals surface area contributed by atoms with Crippen molar-refractivity contribution in [2.45, 2.75) is 6.42 Å². The van der Waals surface area contributed by atoms with Crippen molar-refractivity contribution in [3.63, 3.8) is 0 Å². The first kappa shape index (κ1) is 19.3. The number of amides is 3. The second-order valence-electron chi connectivity index (χ2n) is 9.20. The van der Waals surface area contributed by atoms with E-state index in [2.05, 4.69) is 12.2 Å². The van der Waals surface area contributed by atoms with Crippen molar-refractivity contribution in [2.75, 3.05) is 18.7 Å². The molecule has 3 amide bonds. The number of hydrogen-bond donors (Lipinski definition) is 0. The van der Waals surface area contributed by atoms with Gasteiger partial charge in [0.2, 0.25) is 11.8 Å². The average Bonchev–Trinajstić information content (AvgIpc) is 3.63.